The lowest BCUT2D eigenvalue weighted by Gasteiger charge is -2.52. The first kappa shape index (κ1) is 24.7. The van der Waals surface area contributed by atoms with Crippen LogP contribution < -0.4 is 10.1 Å². The summed E-state index contributed by atoms with van der Waals surface area (Å²) in [5.74, 6) is -1.56. The molecule has 11 heteroatoms. The third kappa shape index (κ3) is 4.35. The predicted molar refractivity (Wildman–Crippen MR) is 134 cm³/mol. The number of hydrogen-bond donors (Lipinski definition) is 1. The maximum absolute atomic E-state index is 13.2. The molecule has 3 heterocycles. The van der Waals surface area contributed by atoms with Gasteiger partial charge < -0.3 is 14.4 Å². The van der Waals surface area contributed by atoms with Crippen LogP contribution in [-0.2, 0) is 34.0 Å². The molecule has 3 aliphatic rings. The number of carbonyl (C=O) groups excluding carboxylic acids is 3. The highest BCUT2D eigenvalue weighted by molar-refractivity contribution is 6.52. The van der Waals surface area contributed by atoms with Crippen LogP contribution in [0.5, 0.6) is 5.75 Å². The molecule has 1 atom stereocenters. The Bertz CT molecular complexity index is 1200. The van der Waals surface area contributed by atoms with E-state index < -0.39 is 34.8 Å². The van der Waals surface area contributed by atoms with Gasteiger partial charge in [0.2, 0.25) is 11.8 Å². The second kappa shape index (κ2) is 9.44. The maximum Gasteiger partial charge on any atom is 0.254 e. The minimum Gasteiger partial charge on any atom is -0.489 e. The summed E-state index contributed by atoms with van der Waals surface area (Å²) in [6.07, 6.45) is -0.403. The van der Waals surface area contributed by atoms with Crippen molar-refractivity contribution in [2.75, 3.05) is 26.3 Å². The van der Waals surface area contributed by atoms with E-state index in [9.17, 15) is 14.4 Å². The van der Waals surface area contributed by atoms with Gasteiger partial charge in [0.15, 0.2) is 0 Å². The zero-order valence-electron chi connectivity index (χ0n) is 19.9. The van der Waals surface area contributed by atoms with Crippen molar-refractivity contribution < 1.29 is 23.9 Å². The van der Waals surface area contributed by atoms with Gasteiger partial charge in [-0.3, -0.25) is 24.6 Å². The minimum absolute atomic E-state index is 0.0307. The van der Waals surface area contributed by atoms with Gasteiger partial charge in [0, 0.05) is 37.2 Å². The third-order valence-corrected chi connectivity index (χ3v) is 7.04. The zero-order valence-corrected chi connectivity index (χ0v) is 19.9. The second-order valence-electron chi connectivity index (χ2n) is 9.53. The average Bonchev–Trinajstić information content (AvgIpc) is 3.20. The van der Waals surface area contributed by atoms with Crippen molar-refractivity contribution in [3.05, 3.63) is 64.7 Å². The Morgan fingerprint density at radius 3 is 2.36 bits per heavy atom. The van der Waals surface area contributed by atoms with Gasteiger partial charge in [-0.15, -0.1) is 0 Å². The number of imide groups is 1. The van der Waals surface area contributed by atoms with E-state index in [4.69, 9.17) is 33.0 Å². The van der Waals surface area contributed by atoms with Gasteiger partial charge in [-0.2, -0.15) is 0 Å². The number of nitrogens with one attached hydrogen (secondary N) is 1. The van der Waals surface area contributed by atoms with Crippen molar-refractivity contribution >= 4 is 41.3 Å². The highest BCUT2D eigenvalue weighted by Gasteiger charge is 2.57. The summed E-state index contributed by atoms with van der Waals surface area (Å²) >= 11 is 0. The first-order valence-electron chi connectivity index (χ1n) is 11.8. The van der Waals surface area contributed by atoms with Crippen molar-refractivity contribution in [2.24, 2.45) is 0 Å². The van der Waals surface area contributed by atoms with Crippen molar-refractivity contribution in [1.29, 1.82) is 0 Å². The average molecular weight is 479 g/mol. The van der Waals surface area contributed by atoms with E-state index >= 15 is 0 Å². The molecule has 6 radical (unpaired) electrons. The predicted octanol–water partition coefficient (Wildman–Crippen LogP) is 0.418. The lowest BCUT2D eigenvalue weighted by atomic mass is 9.36. The van der Waals surface area contributed by atoms with E-state index in [2.05, 4.69) is 22.3 Å². The first-order valence-corrected chi connectivity index (χ1v) is 11.8. The molecule has 3 aliphatic heterocycles. The van der Waals surface area contributed by atoms with Crippen LogP contribution in [0, 0.1) is 0 Å². The molecule has 3 amide bonds. The number of nitrogens with zero attached hydrogens (tertiary/aromatic N) is 2. The van der Waals surface area contributed by atoms with Crippen molar-refractivity contribution in [3.63, 3.8) is 0 Å². The molecule has 0 bridgehead atoms. The summed E-state index contributed by atoms with van der Waals surface area (Å²) in [5, 5.41) is 0.208. The molecule has 36 heavy (non-hydrogen) atoms. The molecule has 2 aromatic carbocycles. The van der Waals surface area contributed by atoms with Crippen LogP contribution in [-0.4, -0.2) is 82.8 Å². The summed E-state index contributed by atoms with van der Waals surface area (Å²) in [4.78, 5) is 41.3. The number of ether oxygens (including phenoxy) is 2. The molecular formula is C25H24B3N3O5. The van der Waals surface area contributed by atoms with Gasteiger partial charge in [-0.1, -0.05) is 35.5 Å². The van der Waals surface area contributed by atoms with Crippen molar-refractivity contribution in [1.82, 2.24) is 15.1 Å². The SMILES string of the molecule is [B]C1([B])CC(=O)NC(=O)C1([B])N1Cc2c(OCc3ccc(CN4CCOCC4)cc3)cccc2C1=O. The topological polar surface area (TPSA) is 88.2 Å². The van der Waals surface area contributed by atoms with Gasteiger partial charge in [-0.05, 0) is 23.3 Å². The number of fused-ring (bicyclic) bond motifs is 1. The Morgan fingerprint density at radius 1 is 0.972 bits per heavy atom. The molecule has 2 saturated heterocycles. The minimum atomic E-state index is -2.11. The zero-order chi connectivity index (χ0) is 25.5. The summed E-state index contributed by atoms with van der Waals surface area (Å²) in [6, 6.07) is 13.3. The molecule has 178 valence electrons. The molecule has 8 nitrogen and oxygen atoms in total. The number of amides is 3. The fraction of sp³-hybridized carbons (Fsp3) is 0.400. The van der Waals surface area contributed by atoms with Gasteiger partial charge in [-0.25, -0.2) is 0 Å². The van der Waals surface area contributed by atoms with Crippen LogP contribution in [0.1, 0.15) is 33.5 Å². The van der Waals surface area contributed by atoms with E-state index in [0.29, 0.717) is 23.5 Å². The second-order valence-corrected chi connectivity index (χ2v) is 9.53. The van der Waals surface area contributed by atoms with Gasteiger partial charge in [0.1, 0.15) is 20.2 Å². The normalized spacial score (nSPS) is 23.9. The number of rotatable bonds is 6. The smallest absolute Gasteiger partial charge is 0.254 e. The fourth-order valence-electron chi connectivity index (χ4n) is 4.90. The van der Waals surface area contributed by atoms with Crippen LogP contribution in [0.25, 0.3) is 0 Å². The van der Waals surface area contributed by atoms with Gasteiger partial charge >= 0.3 is 0 Å². The Labute approximate surface area is 213 Å². The quantitative estimate of drug-likeness (QED) is 0.478. The molecule has 0 aliphatic carbocycles. The summed E-state index contributed by atoms with van der Waals surface area (Å²) in [7, 11) is 18.5. The largest absolute Gasteiger partial charge is 0.489 e. The van der Waals surface area contributed by atoms with Crippen LogP contribution >= 0.6 is 0 Å². The molecule has 1 unspecified atom stereocenters. The standard InChI is InChI=1S/C25H24B3N3O5/c26-24(27)12-21(32)29-23(34)25(24,28)31-14-19-18(22(31)33)2-1-3-20(19)36-15-17-6-4-16(5-7-17)13-30-8-10-35-11-9-30/h1-7H,8-15H2,(H,29,32,34). The lowest BCUT2D eigenvalue weighted by molar-refractivity contribution is -0.139. The molecular weight excluding hydrogens is 455 g/mol. The molecule has 0 aromatic heterocycles. The van der Waals surface area contributed by atoms with Crippen molar-refractivity contribution in [2.45, 2.75) is 36.8 Å². The summed E-state index contributed by atoms with van der Waals surface area (Å²) < 4.78 is 11.5. The van der Waals surface area contributed by atoms with Crippen LogP contribution in [0.4, 0.5) is 0 Å². The molecule has 5 rings (SSSR count). The number of piperidine rings is 1. The van der Waals surface area contributed by atoms with Gasteiger partial charge in [0.25, 0.3) is 5.91 Å². The van der Waals surface area contributed by atoms with Crippen LogP contribution in [0.15, 0.2) is 42.5 Å². The van der Waals surface area contributed by atoms with E-state index in [1.807, 2.05) is 12.1 Å². The number of carbonyl (C=O) groups is 3. The monoisotopic (exact) mass is 479 g/mol. The van der Waals surface area contributed by atoms with Crippen LogP contribution in [0.3, 0.4) is 0 Å². The molecule has 0 saturated carbocycles. The Kier molecular flexibility index (Phi) is 6.47. The number of morpholine rings is 1. The maximum atomic E-state index is 13.2. The van der Waals surface area contributed by atoms with E-state index in [-0.39, 0.29) is 6.54 Å². The molecule has 2 aromatic rings. The summed E-state index contributed by atoms with van der Waals surface area (Å²) in [5.41, 5.74) is 1.01. The van der Waals surface area contributed by atoms with Gasteiger partial charge in [0.05, 0.1) is 40.9 Å². The Morgan fingerprint density at radius 2 is 1.67 bits per heavy atom. The van der Waals surface area contributed by atoms with E-state index in [1.165, 1.54) is 5.56 Å². The summed E-state index contributed by atoms with van der Waals surface area (Å²) in [6.45, 7) is 4.52. The first-order chi connectivity index (χ1) is 17.2. The molecule has 1 N–H and O–H groups in total. The van der Waals surface area contributed by atoms with Crippen molar-refractivity contribution in [3.8, 4) is 5.75 Å². The molecule has 0 spiro atoms. The highest BCUT2D eigenvalue weighted by Crippen LogP contribution is 2.45. The molecule has 2 fully saturated rings. The fourth-order valence-corrected chi connectivity index (χ4v) is 4.90. The van der Waals surface area contributed by atoms with Crippen LogP contribution in [0.2, 0.25) is 5.21 Å². The Hall–Kier alpha value is -3.04. The number of benzene rings is 2. The van der Waals surface area contributed by atoms with E-state index in [0.717, 1.165) is 43.3 Å². The highest BCUT2D eigenvalue weighted by atomic mass is 16.5. The third-order valence-electron chi connectivity index (χ3n) is 7.04. The lowest BCUT2D eigenvalue weighted by Crippen LogP contribution is -2.70. The number of hydrogen-bond acceptors (Lipinski definition) is 6. The Balaban J connectivity index is 1.29. The van der Waals surface area contributed by atoms with E-state index in [1.54, 1.807) is 18.2 Å².